The van der Waals surface area contributed by atoms with Crippen LogP contribution < -0.4 is 10.9 Å². The highest BCUT2D eigenvalue weighted by atomic mass is 19.4. The van der Waals surface area contributed by atoms with E-state index >= 15 is 0 Å². The van der Waals surface area contributed by atoms with Gasteiger partial charge in [0.1, 0.15) is 5.82 Å². The summed E-state index contributed by atoms with van der Waals surface area (Å²) in [5, 5.41) is 2.40. The normalized spacial score (nSPS) is 11.2. The summed E-state index contributed by atoms with van der Waals surface area (Å²) in [6.07, 6.45) is -1.81. The zero-order chi connectivity index (χ0) is 21.2. The van der Waals surface area contributed by atoms with E-state index < -0.39 is 23.4 Å². The summed E-state index contributed by atoms with van der Waals surface area (Å²) in [7, 11) is 1.19. The molecule has 3 heterocycles. The zero-order valence-corrected chi connectivity index (χ0v) is 15.3. The Labute approximate surface area is 162 Å². The summed E-state index contributed by atoms with van der Waals surface area (Å²) >= 11 is 0. The number of carbonyl (C=O) groups excluding carboxylic acids is 1. The van der Waals surface area contributed by atoms with Gasteiger partial charge in [0.25, 0.3) is 0 Å². The number of aromatic amines is 1. The van der Waals surface area contributed by atoms with Crippen LogP contribution in [0, 0.1) is 6.92 Å². The largest absolute Gasteiger partial charge is 0.453 e. The smallest absolute Gasteiger partial charge is 0.417 e. The number of aromatic nitrogens is 3. The minimum atomic E-state index is -4.62. The van der Waals surface area contributed by atoms with Crippen LogP contribution in [-0.4, -0.2) is 28.2 Å². The number of alkyl halides is 3. The Balaban J connectivity index is 2.14. The van der Waals surface area contributed by atoms with Crippen molar-refractivity contribution in [2.45, 2.75) is 13.1 Å². The highest BCUT2D eigenvalue weighted by molar-refractivity contribution is 5.85. The second-order valence-electron chi connectivity index (χ2n) is 6.07. The van der Waals surface area contributed by atoms with Crippen molar-refractivity contribution in [1.29, 1.82) is 0 Å². The van der Waals surface area contributed by atoms with Gasteiger partial charge in [-0.15, -0.1) is 0 Å². The Morgan fingerprint density at radius 3 is 2.62 bits per heavy atom. The summed E-state index contributed by atoms with van der Waals surface area (Å²) in [4.78, 5) is 33.8. The lowest BCUT2D eigenvalue weighted by Gasteiger charge is -2.14. The van der Waals surface area contributed by atoms with E-state index in [1.165, 1.54) is 31.5 Å². The monoisotopic (exact) mass is 404 g/mol. The number of hydrogen-bond donors (Lipinski definition) is 2. The second kappa shape index (κ2) is 7.74. The Bertz CT molecular complexity index is 1130. The third kappa shape index (κ3) is 4.42. The van der Waals surface area contributed by atoms with Crippen LogP contribution >= 0.6 is 0 Å². The third-order valence-corrected chi connectivity index (χ3v) is 4.09. The molecular weight excluding hydrogens is 389 g/mol. The second-order valence-corrected chi connectivity index (χ2v) is 6.07. The van der Waals surface area contributed by atoms with E-state index in [4.69, 9.17) is 0 Å². The third-order valence-electron chi connectivity index (χ3n) is 4.09. The fraction of sp³-hybridized carbons (Fsp3) is 0.158. The molecule has 0 spiro atoms. The van der Waals surface area contributed by atoms with Gasteiger partial charge in [-0.2, -0.15) is 13.2 Å². The Kier molecular flexibility index (Phi) is 5.35. The van der Waals surface area contributed by atoms with Crippen molar-refractivity contribution in [1.82, 2.24) is 15.0 Å². The first kappa shape index (κ1) is 20.1. The fourth-order valence-corrected chi connectivity index (χ4v) is 2.76. The number of H-pyrrole nitrogens is 1. The van der Waals surface area contributed by atoms with E-state index in [0.29, 0.717) is 16.7 Å². The van der Waals surface area contributed by atoms with E-state index in [-0.39, 0.29) is 17.1 Å². The van der Waals surface area contributed by atoms with Crippen molar-refractivity contribution in [3.8, 4) is 22.4 Å². The van der Waals surface area contributed by atoms with Gasteiger partial charge in [0, 0.05) is 30.2 Å². The standard InChI is InChI=1S/C19H15F3N4O3/c1-10-8-24-16(26-18(28)29-2)7-12(10)11-5-15(25-17(27)6-11)13-9-23-4-3-14(13)19(20,21)22/h3-9H,1-2H3,(H,25,27)(H,24,26,28). The van der Waals surface area contributed by atoms with Gasteiger partial charge in [-0.05, 0) is 41.8 Å². The molecule has 29 heavy (non-hydrogen) atoms. The Morgan fingerprint density at radius 1 is 1.17 bits per heavy atom. The van der Waals surface area contributed by atoms with Crippen molar-refractivity contribution in [3.05, 3.63) is 64.3 Å². The maximum atomic E-state index is 13.4. The number of anilines is 1. The number of nitrogens with one attached hydrogen (secondary N) is 2. The van der Waals surface area contributed by atoms with Crippen molar-refractivity contribution in [2.24, 2.45) is 0 Å². The predicted octanol–water partition coefficient (Wildman–Crippen LogP) is 4.00. The number of methoxy groups -OCH3 is 1. The fourth-order valence-electron chi connectivity index (χ4n) is 2.76. The number of amides is 1. The lowest BCUT2D eigenvalue weighted by molar-refractivity contribution is -0.137. The van der Waals surface area contributed by atoms with Gasteiger partial charge in [-0.25, -0.2) is 9.78 Å². The molecule has 0 atom stereocenters. The number of rotatable bonds is 3. The number of carbonyl (C=O) groups is 1. The molecule has 150 valence electrons. The van der Waals surface area contributed by atoms with Crippen molar-refractivity contribution >= 4 is 11.9 Å². The van der Waals surface area contributed by atoms with Crippen LogP contribution in [0.5, 0.6) is 0 Å². The first-order chi connectivity index (χ1) is 13.7. The van der Waals surface area contributed by atoms with Crippen LogP contribution in [0.1, 0.15) is 11.1 Å². The van der Waals surface area contributed by atoms with Crippen LogP contribution in [0.2, 0.25) is 0 Å². The molecule has 0 aliphatic rings. The van der Waals surface area contributed by atoms with Crippen LogP contribution in [0.15, 0.2) is 47.7 Å². The van der Waals surface area contributed by atoms with Gasteiger partial charge in [-0.3, -0.25) is 15.1 Å². The molecule has 0 saturated carbocycles. The molecule has 1 amide bonds. The first-order valence-corrected chi connectivity index (χ1v) is 8.27. The molecule has 2 N–H and O–H groups in total. The summed E-state index contributed by atoms with van der Waals surface area (Å²) < 4.78 is 44.6. The number of nitrogens with zero attached hydrogens (tertiary/aromatic N) is 2. The zero-order valence-electron chi connectivity index (χ0n) is 15.3. The molecule has 0 aliphatic heterocycles. The molecule has 0 bridgehead atoms. The maximum Gasteiger partial charge on any atom is 0.417 e. The van der Waals surface area contributed by atoms with E-state index in [1.807, 2.05) is 0 Å². The summed E-state index contributed by atoms with van der Waals surface area (Å²) in [5.74, 6) is 0.164. The summed E-state index contributed by atoms with van der Waals surface area (Å²) in [5.41, 5.74) is -0.276. The van der Waals surface area contributed by atoms with E-state index in [2.05, 4.69) is 25.0 Å². The average Bonchev–Trinajstić information content (AvgIpc) is 2.68. The number of halogens is 3. The topological polar surface area (TPSA) is 97.0 Å². The van der Waals surface area contributed by atoms with Crippen molar-refractivity contribution in [2.75, 3.05) is 12.4 Å². The quantitative estimate of drug-likeness (QED) is 0.688. The molecular formula is C19H15F3N4O3. The number of ether oxygens (including phenoxy) is 1. The van der Waals surface area contributed by atoms with Crippen LogP contribution in [-0.2, 0) is 10.9 Å². The summed E-state index contributed by atoms with van der Waals surface area (Å²) in [6.45, 7) is 1.72. The highest BCUT2D eigenvalue weighted by Crippen LogP contribution is 2.36. The summed E-state index contributed by atoms with van der Waals surface area (Å²) in [6, 6.07) is 5.00. The molecule has 0 unspecified atom stereocenters. The van der Waals surface area contributed by atoms with Crippen LogP contribution in [0.4, 0.5) is 23.8 Å². The average molecular weight is 404 g/mol. The molecule has 0 radical (unpaired) electrons. The van der Waals surface area contributed by atoms with E-state index in [9.17, 15) is 22.8 Å². The Morgan fingerprint density at radius 2 is 1.93 bits per heavy atom. The molecule has 0 saturated heterocycles. The van der Waals surface area contributed by atoms with Crippen LogP contribution in [0.25, 0.3) is 22.4 Å². The van der Waals surface area contributed by atoms with Gasteiger partial charge >= 0.3 is 12.3 Å². The molecule has 7 nitrogen and oxygen atoms in total. The van der Waals surface area contributed by atoms with Gasteiger partial charge in [0.2, 0.25) is 5.56 Å². The van der Waals surface area contributed by atoms with Gasteiger partial charge in [0.05, 0.1) is 18.4 Å². The molecule has 10 heteroatoms. The number of hydrogen-bond acceptors (Lipinski definition) is 5. The van der Waals surface area contributed by atoms with E-state index in [1.54, 1.807) is 6.92 Å². The molecule has 3 aromatic heterocycles. The first-order valence-electron chi connectivity index (χ1n) is 8.27. The minimum Gasteiger partial charge on any atom is -0.453 e. The van der Waals surface area contributed by atoms with Gasteiger partial charge in [0.15, 0.2) is 0 Å². The SMILES string of the molecule is COC(=O)Nc1cc(-c2cc(-c3cnccc3C(F)(F)F)[nH]c(=O)c2)c(C)cn1. The molecule has 0 aromatic carbocycles. The molecule has 0 fully saturated rings. The highest BCUT2D eigenvalue weighted by Gasteiger charge is 2.34. The van der Waals surface area contributed by atoms with Gasteiger partial charge < -0.3 is 9.72 Å². The van der Waals surface area contributed by atoms with Crippen molar-refractivity contribution < 1.29 is 22.7 Å². The van der Waals surface area contributed by atoms with Crippen LogP contribution in [0.3, 0.4) is 0 Å². The number of aryl methyl sites for hydroxylation is 1. The predicted molar refractivity (Wildman–Crippen MR) is 99.3 cm³/mol. The van der Waals surface area contributed by atoms with E-state index in [0.717, 1.165) is 18.5 Å². The van der Waals surface area contributed by atoms with Gasteiger partial charge in [-0.1, -0.05) is 0 Å². The molecule has 3 rings (SSSR count). The Hall–Kier alpha value is -3.69. The number of pyridine rings is 3. The lowest BCUT2D eigenvalue weighted by Crippen LogP contribution is -2.13. The lowest BCUT2D eigenvalue weighted by atomic mass is 9.99. The minimum absolute atomic E-state index is 0.0355. The molecule has 0 aliphatic carbocycles. The molecule has 3 aromatic rings. The van der Waals surface area contributed by atoms with Crippen molar-refractivity contribution in [3.63, 3.8) is 0 Å². The maximum absolute atomic E-state index is 13.4.